The third kappa shape index (κ3) is 1.30. The van der Waals surface area contributed by atoms with Gasteiger partial charge in [0.25, 0.3) is 0 Å². The first-order chi connectivity index (χ1) is 5.04. The second-order valence-corrected chi connectivity index (χ2v) is 3.51. The minimum atomic E-state index is -0.0961. The first-order valence-corrected chi connectivity index (χ1v) is 3.97. The van der Waals surface area contributed by atoms with Gasteiger partial charge in [-0.05, 0) is 24.3 Å². The minimum Gasteiger partial charge on any atom is -0.504 e. The highest BCUT2D eigenvalue weighted by molar-refractivity contribution is 5.96. The molecule has 0 bridgehead atoms. The number of hydrogen-bond donors (Lipinski definition) is 1. The molecular formula is C9H14O2. The molecule has 0 spiro atoms. The van der Waals surface area contributed by atoms with Crippen molar-refractivity contribution >= 4 is 5.78 Å². The second-order valence-electron chi connectivity index (χ2n) is 3.51. The van der Waals surface area contributed by atoms with E-state index in [2.05, 4.69) is 13.8 Å². The van der Waals surface area contributed by atoms with Gasteiger partial charge in [0.05, 0.1) is 0 Å². The van der Waals surface area contributed by atoms with Crippen molar-refractivity contribution in [3.63, 3.8) is 0 Å². The molecule has 0 aromatic carbocycles. The average molecular weight is 154 g/mol. The van der Waals surface area contributed by atoms with E-state index in [-0.39, 0.29) is 17.5 Å². The van der Waals surface area contributed by atoms with Gasteiger partial charge in [-0.1, -0.05) is 13.8 Å². The fraction of sp³-hybridized carbons (Fsp3) is 0.667. The van der Waals surface area contributed by atoms with E-state index < -0.39 is 0 Å². The van der Waals surface area contributed by atoms with Crippen LogP contribution in [0.3, 0.4) is 0 Å². The smallest absolute Gasteiger partial charge is 0.197 e. The van der Waals surface area contributed by atoms with E-state index in [9.17, 15) is 9.90 Å². The standard InChI is InChI=1S/C9H14O2/c1-5(2)7-4-8(10)9(11)6(7)3/h5,7,11H,4H2,1-3H3/t7-/m1/s1. The first-order valence-electron chi connectivity index (χ1n) is 3.97. The van der Waals surface area contributed by atoms with Crippen LogP contribution < -0.4 is 0 Å². The van der Waals surface area contributed by atoms with Crippen molar-refractivity contribution in [1.82, 2.24) is 0 Å². The van der Waals surface area contributed by atoms with Crippen molar-refractivity contribution in [1.29, 1.82) is 0 Å². The SMILES string of the molecule is CC1=C(O)C(=O)C[C@@H]1C(C)C. The van der Waals surface area contributed by atoms with Crippen LogP contribution in [0.5, 0.6) is 0 Å². The van der Waals surface area contributed by atoms with Gasteiger partial charge in [0, 0.05) is 6.42 Å². The van der Waals surface area contributed by atoms with Crippen molar-refractivity contribution in [2.45, 2.75) is 27.2 Å². The number of hydrogen-bond acceptors (Lipinski definition) is 2. The van der Waals surface area contributed by atoms with Gasteiger partial charge in [-0.3, -0.25) is 4.79 Å². The predicted octanol–water partition coefficient (Wildman–Crippen LogP) is 2.06. The Kier molecular flexibility index (Phi) is 2.03. The topological polar surface area (TPSA) is 37.3 Å². The van der Waals surface area contributed by atoms with Crippen LogP contribution in [0.4, 0.5) is 0 Å². The van der Waals surface area contributed by atoms with Crippen molar-refractivity contribution in [2.75, 3.05) is 0 Å². The Morgan fingerprint density at radius 2 is 2.09 bits per heavy atom. The number of carbonyl (C=O) groups excluding carboxylic acids is 1. The zero-order chi connectivity index (χ0) is 8.59. The van der Waals surface area contributed by atoms with Gasteiger partial charge in [-0.15, -0.1) is 0 Å². The third-order valence-corrected chi connectivity index (χ3v) is 2.40. The molecule has 1 N–H and O–H groups in total. The number of aliphatic hydroxyl groups excluding tert-OH is 1. The van der Waals surface area contributed by atoms with Crippen LogP contribution in [0.25, 0.3) is 0 Å². The number of carbonyl (C=O) groups is 1. The predicted molar refractivity (Wildman–Crippen MR) is 43.3 cm³/mol. The van der Waals surface area contributed by atoms with Gasteiger partial charge in [-0.2, -0.15) is 0 Å². The Bertz CT molecular complexity index is 214. The Hall–Kier alpha value is -0.790. The lowest BCUT2D eigenvalue weighted by atomic mass is 9.90. The molecule has 62 valence electrons. The number of rotatable bonds is 1. The zero-order valence-corrected chi connectivity index (χ0v) is 7.22. The molecule has 11 heavy (non-hydrogen) atoms. The second kappa shape index (κ2) is 2.68. The maximum absolute atomic E-state index is 11.0. The van der Waals surface area contributed by atoms with Crippen molar-refractivity contribution in [2.24, 2.45) is 11.8 Å². The summed E-state index contributed by atoms with van der Waals surface area (Å²) in [5, 5.41) is 9.22. The van der Waals surface area contributed by atoms with Gasteiger partial charge in [0.1, 0.15) is 0 Å². The Labute approximate surface area is 66.9 Å². The summed E-state index contributed by atoms with van der Waals surface area (Å²) in [5.74, 6) is 0.621. The molecule has 0 aromatic rings. The molecule has 2 nitrogen and oxygen atoms in total. The quantitative estimate of drug-likeness (QED) is 0.627. The molecule has 0 saturated carbocycles. The van der Waals surface area contributed by atoms with E-state index in [1.807, 2.05) is 6.92 Å². The Balaban J connectivity index is 2.86. The molecule has 0 fully saturated rings. The van der Waals surface area contributed by atoms with Crippen LogP contribution in [0, 0.1) is 11.8 Å². The molecule has 1 aliphatic carbocycles. The third-order valence-electron chi connectivity index (χ3n) is 2.40. The van der Waals surface area contributed by atoms with E-state index in [4.69, 9.17) is 0 Å². The average Bonchev–Trinajstić information content (AvgIpc) is 2.17. The van der Waals surface area contributed by atoms with E-state index in [1.54, 1.807) is 0 Å². The normalized spacial score (nSPS) is 25.5. The number of aliphatic hydroxyl groups is 1. The monoisotopic (exact) mass is 154 g/mol. The fourth-order valence-electron chi connectivity index (χ4n) is 1.58. The summed E-state index contributed by atoms with van der Waals surface area (Å²) >= 11 is 0. The maximum atomic E-state index is 11.0. The molecule has 0 aromatic heterocycles. The lowest BCUT2D eigenvalue weighted by molar-refractivity contribution is -0.117. The van der Waals surface area contributed by atoms with Crippen molar-refractivity contribution in [3.8, 4) is 0 Å². The molecule has 0 heterocycles. The highest BCUT2D eigenvalue weighted by Crippen LogP contribution is 2.32. The summed E-state index contributed by atoms with van der Waals surface area (Å²) in [6.45, 7) is 5.98. The van der Waals surface area contributed by atoms with Gasteiger partial charge in [0.2, 0.25) is 0 Å². The number of allylic oxidation sites excluding steroid dienone is 2. The molecule has 0 radical (unpaired) electrons. The lowest BCUT2D eigenvalue weighted by Gasteiger charge is -2.13. The van der Waals surface area contributed by atoms with Crippen LogP contribution in [-0.2, 0) is 4.79 Å². The summed E-state index contributed by atoms with van der Waals surface area (Å²) in [4.78, 5) is 11.0. The highest BCUT2D eigenvalue weighted by atomic mass is 16.3. The summed E-state index contributed by atoms with van der Waals surface area (Å²) in [6.07, 6.45) is 0.495. The zero-order valence-electron chi connectivity index (χ0n) is 7.22. The van der Waals surface area contributed by atoms with E-state index in [0.717, 1.165) is 5.57 Å². The lowest BCUT2D eigenvalue weighted by Crippen LogP contribution is -2.07. The molecule has 0 unspecified atom stereocenters. The maximum Gasteiger partial charge on any atom is 0.197 e. The molecule has 0 amide bonds. The Morgan fingerprint density at radius 3 is 2.27 bits per heavy atom. The molecule has 2 heteroatoms. The first kappa shape index (κ1) is 8.31. The fourth-order valence-corrected chi connectivity index (χ4v) is 1.58. The van der Waals surface area contributed by atoms with E-state index >= 15 is 0 Å². The molecule has 1 aliphatic rings. The number of Topliss-reactive ketones (excluding diaryl/α,β-unsaturated/α-hetero) is 1. The van der Waals surface area contributed by atoms with Crippen molar-refractivity contribution < 1.29 is 9.90 Å². The summed E-state index contributed by atoms with van der Waals surface area (Å²) < 4.78 is 0. The highest BCUT2D eigenvalue weighted by Gasteiger charge is 2.30. The van der Waals surface area contributed by atoms with E-state index in [1.165, 1.54) is 0 Å². The van der Waals surface area contributed by atoms with Crippen LogP contribution in [0.15, 0.2) is 11.3 Å². The van der Waals surface area contributed by atoms with Gasteiger partial charge in [0.15, 0.2) is 11.5 Å². The molecule has 0 saturated heterocycles. The molecule has 0 aliphatic heterocycles. The molecule has 1 atom stereocenters. The van der Waals surface area contributed by atoms with Crippen LogP contribution in [-0.4, -0.2) is 10.9 Å². The Morgan fingerprint density at radius 1 is 1.55 bits per heavy atom. The minimum absolute atomic E-state index is 0.00343. The largest absolute Gasteiger partial charge is 0.504 e. The van der Waals surface area contributed by atoms with Gasteiger partial charge in [-0.25, -0.2) is 0 Å². The summed E-state index contributed by atoms with van der Waals surface area (Å²) in [6, 6.07) is 0. The van der Waals surface area contributed by atoms with E-state index in [0.29, 0.717) is 12.3 Å². The van der Waals surface area contributed by atoms with Crippen LogP contribution in [0.2, 0.25) is 0 Å². The summed E-state index contributed by atoms with van der Waals surface area (Å²) in [5.41, 5.74) is 0.866. The van der Waals surface area contributed by atoms with Gasteiger partial charge < -0.3 is 5.11 Å². The molecular weight excluding hydrogens is 140 g/mol. The van der Waals surface area contributed by atoms with Gasteiger partial charge >= 0.3 is 0 Å². The van der Waals surface area contributed by atoms with Crippen LogP contribution in [0.1, 0.15) is 27.2 Å². The number of ketones is 1. The summed E-state index contributed by atoms with van der Waals surface area (Å²) in [7, 11) is 0. The van der Waals surface area contributed by atoms with Crippen molar-refractivity contribution in [3.05, 3.63) is 11.3 Å². The van der Waals surface area contributed by atoms with Crippen LogP contribution >= 0.6 is 0 Å². The molecule has 1 rings (SSSR count).